The van der Waals surface area contributed by atoms with Crippen LogP contribution in [0, 0.1) is 13.8 Å². The first kappa shape index (κ1) is 16.6. The molecule has 2 heterocycles. The molecule has 1 amide bonds. The first-order valence-electron chi connectivity index (χ1n) is 8.35. The molecule has 0 saturated heterocycles. The predicted octanol–water partition coefficient (Wildman–Crippen LogP) is 3.78. The van der Waals surface area contributed by atoms with E-state index in [2.05, 4.69) is 27.8 Å². The summed E-state index contributed by atoms with van der Waals surface area (Å²) in [7, 11) is 0. The van der Waals surface area contributed by atoms with Gasteiger partial charge in [-0.15, -0.1) is 0 Å². The van der Waals surface area contributed by atoms with Crippen molar-refractivity contribution < 1.29 is 9.53 Å². The molecule has 0 unspecified atom stereocenters. The lowest BCUT2D eigenvalue weighted by atomic mass is 9.99. The molecule has 2 aromatic rings. The van der Waals surface area contributed by atoms with Crippen LogP contribution in [0.25, 0.3) is 5.69 Å². The largest absolute Gasteiger partial charge is 0.444 e. The van der Waals surface area contributed by atoms with Gasteiger partial charge in [-0.3, -0.25) is 0 Å². The summed E-state index contributed by atoms with van der Waals surface area (Å²) in [6.07, 6.45) is 2.65. The van der Waals surface area contributed by atoms with Gasteiger partial charge in [0.2, 0.25) is 0 Å². The van der Waals surface area contributed by atoms with Crippen molar-refractivity contribution in [2.75, 3.05) is 6.54 Å². The topological polar surface area (TPSA) is 47.4 Å². The van der Waals surface area contributed by atoms with Gasteiger partial charge in [0.25, 0.3) is 0 Å². The van der Waals surface area contributed by atoms with Crippen LogP contribution in [0.15, 0.2) is 24.4 Å². The molecule has 1 aliphatic heterocycles. The van der Waals surface area contributed by atoms with Crippen LogP contribution in [-0.2, 0) is 17.7 Å². The average Bonchev–Trinajstić information content (AvgIpc) is 2.83. The summed E-state index contributed by atoms with van der Waals surface area (Å²) in [6.45, 7) is 11.0. The third-order valence-electron chi connectivity index (χ3n) is 4.13. The summed E-state index contributed by atoms with van der Waals surface area (Å²) >= 11 is 0. The van der Waals surface area contributed by atoms with Gasteiger partial charge >= 0.3 is 6.09 Å². The number of fused-ring (bicyclic) bond motifs is 1. The van der Waals surface area contributed by atoms with E-state index >= 15 is 0 Å². The predicted molar refractivity (Wildman–Crippen MR) is 93.4 cm³/mol. The van der Waals surface area contributed by atoms with Crippen molar-refractivity contribution in [3.63, 3.8) is 0 Å². The summed E-state index contributed by atoms with van der Waals surface area (Å²) in [5.41, 5.74) is 4.09. The monoisotopic (exact) mass is 327 g/mol. The Kier molecular flexibility index (Phi) is 4.11. The van der Waals surface area contributed by atoms with Crippen LogP contribution in [0.5, 0.6) is 0 Å². The number of carbonyl (C=O) groups is 1. The van der Waals surface area contributed by atoms with E-state index in [0.29, 0.717) is 13.1 Å². The molecule has 3 rings (SSSR count). The standard InChI is InChI=1S/C19H25N3O2/c1-13-11-22(14(2)20-13)17-7-6-15-8-9-21(12-16(15)10-17)18(23)24-19(3,4)5/h6-7,10-11H,8-9,12H2,1-5H3. The highest BCUT2D eigenvalue weighted by molar-refractivity contribution is 5.68. The van der Waals surface area contributed by atoms with Crippen molar-refractivity contribution in [3.8, 4) is 5.69 Å². The summed E-state index contributed by atoms with van der Waals surface area (Å²) < 4.78 is 7.59. The summed E-state index contributed by atoms with van der Waals surface area (Å²) in [5, 5.41) is 0. The minimum atomic E-state index is -0.468. The Labute approximate surface area is 143 Å². The third-order valence-corrected chi connectivity index (χ3v) is 4.13. The first-order chi connectivity index (χ1) is 11.2. The molecule has 0 bridgehead atoms. The highest BCUT2D eigenvalue weighted by atomic mass is 16.6. The lowest BCUT2D eigenvalue weighted by Gasteiger charge is -2.31. The number of ether oxygens (including phenoxy) is 1. The van der Waals surface area contributed by atoms with Gasteiger partial charge in [0.15, 0.2) is 0 Å². The fourth-order valence-electron chi connectivity index (χ4n) is 3.06. The van der Waals surface area contributed by atoms with Crippen molar-refractivity contribution >= 4 is 6.09 Å². The number of imidazole rings is 1. The van der Waals surface area contributed by atoms with Gasteiger partial charge in [0, 0.05) is 25.0 Å². The van der Waals surface area contributed by atoms with Gasteiger partial charge in [0.1, 0.15) is 11.4 Å². The minimum absolute atomic E-state index is 0.242. The van der Waals surface area contributed by atoms with Crippen LogP contribution in [0.3, 0.4) is 0 Å². The smallest absolute Gasteiger partial charge is 0.410 e. The van der Waals surface area contributed by atoms with Gasteiger partial charge in [-0.2, -0.15) is 0 Å². The van der Waals surface area contributed by atoms with Crippen molar-refractivity contribution in [1.29, 1.82) is 0 Å². The maximum atomic E-state index is 12.3. The minimum Gasteiger partial charge on any atom is -0.444 e. The number of nitrogens with zero attached hydrogens (tertiary/aromatic N) is 3. The molecule has 0 radical (unpaired) electrons. The van der Waals surface area contributed by atoms with Crippen LogP contribution in [0.2, 0.25) is 0 Å². The van der Waals surface area contributed by atoms with E-state index in [4.69, 9.17) is 4.74 Å². The van der Waals surface area contributed by atoms with Crippen molar-refractivity contribution in [2.45, 2.75) is 53.2 Å². The first-order valence-corrected chi connectivity index (χ1v) is 8.35. The van der Waals surface area contributed by atoms with E-state index in [9.17, 15) is 4.79 Å². The molecule has 24 heavy (non-hydrogen) atoms. The maximum absolute atomic E-state index is 12.3. The maximum Gasteiger partial charge on any atom is 0.410 e. The Morgan fingerprint density at radius 3 is 2.58 bits per heavy atom. The summed E-state index contributed by atoms with van der Waals surface area (Å²) in [4.78, 5) is 18.6. The summed E-state index contributed by atoms with van der Waals surface area (Å²) in [5.74, 6) is 0.965. The SMILES string of the molecule is Cc1cn(-c2ccc3c(c2)CN(C(=O)OC(C)(C)C)CC3)c(C)n1. The van der Waals surface area contributed by atoms with Crippen LogP contribution in [0.1, 0.15) is 43.4 Å². The lowest BCUT2D eigenvalue weighted by Crippen LogP contribution is -2.39. The molecule has 1 aromatic heterocycles. The molecule has 0 saturated carbocycles. The van der Waals surface area contributed by atoms with Gasteiger partial charge in [-0.05, 0) is 64.3 Å². The Bertz CT molecular complexity index is 771. The Morgan fingerprint density at radius 1 is 1.21 bits per heavy atom. The highest BCUT2D eigenvalue weighted by Crippen LogP contribution is 2.24. The highest BCUT2D eigenvalue weighted by Gasteiger charge is 2.25. The van der Waals surface area contributed by atoms with Crippen LogP contribution in [0.4, 0.5) is 4.79 Å². The third kappa shape index (κ3) is 3.45. The zero-order chi connectivity index (χ0) is 17.5. The van der Waals surface area contributed by atoms with E-state index in [1.165, 1.54) is 11.1 Å². The number of hydrogen-bond acceptors (Lipinski definition) is 3. The fourth-order valence-corrected chi connectivity index (χ4v) is 3.06. The van der Waals surface area contributed by atoms with Crippen molar-refractivity contribution in [2.24, 2.45) is 0 Å². The quantitative estimate of drug-likeness (QED) is 0.801. The number of rotatable bonds is 1. The number of aryl methyl sites for hydroxylation is 2. The lowest BCUT2D eigenvalue weighted by molar-refractivity contribution is 0.0224. The zero-order valence-electron chi connectivity index (χ0n) is 15.1. The zero-order valence-corrected chi connectivity index (χ0v) is 15.1. The van der Waals surface area contributed by atoms with Crippen LogP contribution in [-0.4, -0.2) is 32.7 Å². The molecule has 0 N–H and O–H groups in total. The van der Waals surface area contributed by atoms with Gasteiger partial charge in [-0.25, -0.2) is 9.78 Å². The molecule has 1 aliphatic rings. The molecule has 1 aromatic carbocycles. The molecule has 0 fully saturated rings. The van der Waals surface area contributed by atoms with E-state index in [1.807, 2.05) is 40.8 Å². The summed E-state index contributed by atoms with van der Waals surface area (Å²) in [6, 6.07) is 6.43. The van der Waals surface area contributed by atoms with E-state index < -0.39 is 5.60 Å². The molecule has 5 heteroatoms. The van der Waals surface area contributed by atoms with Crippen molar-refractivity contribution in [1.82, 2.24) is 14.5 Å². The number of amides is 1. The second-order valence-electron chi connectivity index (χ2n) is 7.40. The van der Waals surface area contributed by atoms with Crippen LogP contribution >= 0.6 is 0 Å². The second-order valence-corrected chi connectivity index (χ2v) is 7.40. The van der Waals surface area contributed by atoms with E-state index in [0.717, 1.165) is 23.6 Å². The number of hydrogen-bond donors (Lipinski definition) is 0. The fraction of sp³-hybridized carbons (Fsp3) is 0.474. The Hall–Kier alpha value is -2.30. The van der Waals surface area contributed by atoms with E-state index in [-0.39, 0.29) is 6.09 Å². The van der Waals surface area contributed by atoms with Crippen LogP contribution < -0.4 is 0 Å². The molecular weight excluding hydrogens is 302 g/mol. The molecule has 0 aliphatic carbocycles. The number of aromatic nitrogens is 2. The van der Waals surface area contributed by atoms with Gasteiger partial charge < -0.3 is 14.2 Å². The number of carbonyl (C=O) groups excluding carboxylic acids is 1. The molecule has 0 atom stereocenters. The van der Waals surface area contributed by atoms with Crippen molar-refractivity contribution in [3.05, 3.63) is 47.0 Å². The second kappa shape index (κ2) is 5.96. The Morgan fingerprint density at radius 2 is 1.96 bits per heavy atom. The molecule has 0 spiro atoms. The van der Waals surface area contributed by atoms with Gasteiger partial charge in [-0.1, -0.05) is 6.07 Å². The van der Waals surface area contributed by atoms with E-state index in [1.54, 1.807) is 4.90 Å². The van der Waals surface area contributed by atoms with Gasteiger partial charge in [0.05, 0.1) is 5.69 Å². The normalized spacial score (nSPS) is 14.5. The molecule has 5 nitrogen and oxygen atoms in total. The molecule has 128 valence electrons. The Balaban J connectivity index is 1.84. The molecular formula is C19H25N3O2. The average molecular weight is 327 g/mol. The number of benzene rings is 1.